The number of allylic oxidation sites excluding steroid dienone is 1. The van der Waals surface area contributed by atoms with Crippen LogP contribution in [0.2, 0.25) is 0 Å². The number of hydrogen-bond donors (Lipinski definition) is 1. The second-order valence-corrected chi connectivity index (χ2v) is 4.91. The lowest BCUT2D eigenvalue weighted by atomic mass is 10.1. The van der Waals surface area contributed by atoms with Gasteiger partial charge in [0.15, 0.2) is 0 Å². The zero-order chi connectivity index (χ0) is 13.9. The molecular weight excluding hydrogens is 248 g/mol. The maximum Gasteiger partial charge on any atom is 0.141 e. The van der Waals surface area contributed by atoms with Gasteiger partial charge in [-0.3, -0.25) is 4.99 Å². The SMILES string of the molecule is Cc1ccc(-c2nc(C3=CCCN=C3)ccc2O)cc1. The number of aryl methyl sites for hydroxylation is 1. The lowest BCUT2D eigenvalue weighted by molar-refractivity contribution is 0.475. The third-order valence-electron chi connectivity index (χ3n) is 3.35. The lowest BCUT2D eigenvalue weighted by Crippen LogP contribution is -1.98. The summed E-state index contributed by atoms with van der Waals surface area (Å²) in [5.41, 5.74) is 4.59. The van der Waals surface area contributed by atoms with Crippen molar-refractivity contribution in [2.24, 2.45) is 4.99 Å². The molecule has 1 N–H and O–H groups in total. The standard InChI is InChI=1S/C17H16N2O/c1-12-4-6-13(7-5-12)17-16(20)9-8-15(19-17)14-3-2-10-18-11-14/h3-9,11,20H,2,10H2,1H3. The smallest absolute Gasteiger partial charge is 0.141 e. The van der Waals surface area contributed by atoms with Crippen LogP contribution in [0.25, 0.3) is 16.8 Å². The number of aromatic hydroxyl groups is 1. The molecular formula is C17H16N2O. The maximum atomic E-state index is 10.0. The minimum absolute atomic E-state index is 0.200. The highest BCUT2D eigenvalue weighted by Gasteiger charge is 2.10. The van der Waals surface area contributed by atoms with Crippen LogP contribution in [0.3, 0.4) is 0 Å². The Hall–Kier alpha value is -2.42. The van der Waals surface area contributed by atoms with Crippen molar-refractivity contribution in [1.29, 1.82) is 0 Å². The van der Waals surface area contributed by atoms with Crippen LogP contribution in [-0.2, 0) is 0 Å². The summed E-state index contributed by atoms with van der Waals surface area (Å²) in [6, 6.07) is 11.5. The average Bonchev–Trinajstić information content (AvgIpc) is 2.50. The van der Waals surface area contributed by atoms with Gasteiger partial charge in [0.1, 0.15) is 11.4 Å². The molecule has 100 valence electrons. The molecule has 0 radical (unpaired) electrons. The van der Waals surface area contributed by atoms with Gasteiger partial charge in [0.25, 0.3) is 0 Å². The van der Waals surface area contributed by atoms with Crippen LogP contribution in [0.4, 0.5) is 0 Å². The summed E-state index contributed by atoms with van der Waals surface area (Å²) in [6.07, 6.45) is 4.92. The predicted octanol–water partition coefficient (Wildman–Crippen LogP) is 3.62. The molecule has 3 nitrogen and oxygen atoms in total. The first-order valence-corrected chi connectivity index (χ1v) is 6.71. The van der Waals surface area contributed by atoms with Crippen LogP contribution in [0.1, 0.15) is 17.7 Å². The van der Waals surface area contributed by atoms with Crippen molar-refractivity contribution in [1.82, 2.24) is 4.98 Å². The molecule has 0 spiro atoms. The van der Waals surface area contributed by atoms with E-state index in [9.17, 15) is 5.11 Å². The van der Waals surface area contributed by atoms with E-state index in [0.29, 0.717) is 5.69 Å². The van der Waals surface area contributed by atoms with Crippen molar-refractivity contribution in [3.05, 3.63) is 53.7 Å². The molecule has 0 atom stereocenters. The summed E-state index contributed by atoms with van der Waals surface area (Å²) in [5.74, 6) is 0.200. The third-order valence-corrected chi connectivity index (χ3v) is 3.35. The molecule has 0 saturated heterocycles. The monoisotopic (exact) mass is 264 g/mol. The van der Waals surface area contributed by atoms with E-state index in [1.54, 1.807) is 6.07 Å². The number of nitrogens with zero attached hydrogens (tertiary/aromatic N) is 2. The van der Waals surface area contributed by atoms with Gasteiger partial charge in [0, 0.05) is 23.9 Å². The summed E-state index contributed by atoms with van der Waals surface area (Å²) in [4.78, 5) is 8.86. The summed E-state index contributed by atoms with van der Waals surface area (Å²) in [5, 5.41) is 10.0. The Labute approximate surface area is 118 Å². The molecule has 0 fully saturated rings. The summed E-state index contributed by atoms with van der Waals surface area (Å²) in [6.45, 7) is 2.88. The second-order valence-electron chi connectivity index (χ2n) is 4.91. The fourth-order valence-corrected chi connectivity index (χ4v) is 2.22. The Morgan fingerprint density at radius 3 is 2.55 bits per heavy atom. The Bertz CT molecular complexity index is 685. The van der Waals surface area contributed by atoms with Gasteiger partial charge < -0.3 is 5.11 Å². The van der Waals surface area contributed by atoms with E-state index < -0.39 is 0 Å². The van der Waals surface area contributed by atoms with Crippen LogP contribution in [0.5, 0.6) is 5.75 Å². The minimum atomic E-state index is 0.200. The largest absolute Gasteiger partial charge is 0.506 e. The fourth-order valence-electron chi connectivity index (χ4n) is 2.22. The highest BCUT2D eigenvalue weighted by Crippen LogP contribution is 2.29. The van der Waals surface area contributed by atoms with Crippen molar-refractivity contribution >= 4 is 11.8 Å². The number of benzene rings is 1. The van der Waals surface area contributed by atoms with E-state index >= 15 is 0 Å². The Morgan fingerprint density at radius 2 is 1.85 bits per heavy atom. The van der Waals surface area contributed by atoms with Crippen LogP contribution in [0.15, 0.2) is 47.5 Å². The second kappa shape index (κ2) is 5.29. The Balaban J connectivity index is 2.05. The zero-order valence-corrected chi connectivity index (χ0v) is 11.4. The van der Waals surface area contributed by atoms with Gasteiger partial charge in [-0.05, 0) is 25.5 Å². The van der Waals surface area contributed by atoms with Gasteiger partial charge in [-0.1, -0.05) is 35.9 Å². The van der Waals surface area contributed by atoms with Crippen molar-refractivity contribution in [2.75, 3.05) is 6.54 Å². The topological polar surface area (TPSA) is 45.5 Å². The van der Waals surface area contributed by atoms with Gasteiger partial charge in [0.05, 0.1) is 5.69 Å². The molecule has 2 heterocycles. The first-order valence-electron chi connectivity index (χ1n) is 6.71. The zero-order valence-electron chi connectivity index (χ0n) is 11.4. The molecule has 20 heavy (non-hydrogen) atoms. The van der Waals surface area contributed by atoms with Gasteiger partial charge in [-0.2, -0.15) is 0 Å². The molecule has 3 heteroatoms. The summed E-state index contributed by atoms with van der Waals surface area (Å²) < 4.78 is 0. The number of aromatic nitrogens is 1. The van der Waals surface area contributed by atoms with E-state index in [-0.39, 0.29) is 5.75 Å². The van der Waals surface area contributed by atoms with Gasteiger partial charge in [-0.25, -0.2) is 4.98 Å². The first-order chi connectivity index (χ1) is 9.74. The minimum Gasteiger partial charge on any atom is -0.506 e. The molecule has 0 bridgehead atoms. The molecule has 0 saturated carbocycles. The normalized spacial score (nSPS) is 14.2. The number of aliphatic imine (C=N–C) groups is 1. The molecule has 0 unspecified atom stereocenters. The molecule has 0 aliphatic carbocycles. The van der Waals surface area contributed by atoms with Crippen LogP contribution < -0.4 is 0 Å². The molecule has 3 rings (SSSR count). The lowest BCUT2D eigenvalue weighted by Gasteiger charge is -2.10. The summed E-state index contributed by atoms with van der Waals surface area (Å²) in [7, 11) is 0. The van der Waals surface area contributed by atoms with E-state index in [4.69, 9.17) is 0 Å². The van der Waals surface area contributed by atoms with Crippen molar-refractivity contribution in [3.63, 3.8) is 0 Å². The highest BCUT2D eigenvalue weighted by molar-refractivity contribution is 6.09. The van der Waals surface area contributed by atoms with Crippen molar-refractivity contribution in [3.8, 4) is 17.0 Å². The average molecular weight is 264 g/mol. The molecule has 1 aromatic heterocycles. The molecule has 2 aromatic rings. The third kappa shape index (κ3) is 2.48. The van der Waals surface area contributed by atoms with E-state index in [1.165, 1.54) is 5.56 Å². The van der Waals surface area contributed by atoms with Crippen LogP contribution in [0, 0.1) is 6.92 Å². The van der Waals surface area contributed by atoms with E-state index in [2.05, 4.69) is 16.1 Å². The molecule has 1 aliphatic rings. The van der Waals surface area contributed by atoms with Gasteiger partial charge in [-0.15, -0.1) is 0 Å². The predicted molar refractivity (Wildman–Crippen MR) is 82.0 cm³/mol. The molecule has 0 amide bonds. The maximum absolute atomic E-state index is 10.0. The summed E-state index contributed by atoms with van der Waals surface area (Å²) >= 11 is 0. The van der Waals surface area contributed by atoms with Gasteiger partial charge in [0.2, 0.25) is 0 Å². The molecule has 1 aromatic carbocycles. The highest BCUT2D eigenvalue weighted by atomic mass is 16.3. The Morgan fingerprint density at radius 1 is 1.05 bits per heavy atom. The van der Waals surface area contributed by atoms with Crippen molar-refractivity contribution in [2.45, 2.75) is 13.3 Å². The Kier molecular flexibility index (Phi) is 3.33. The molecule has 1 aliphatic heterocycles. The number of hydrogen-bond acceptors (Lipinski definition) is 3. The number of rotatable bonds is 2. The number of pyridine rings is 1. The van der Waals surface area contributed by atoms with E-state index in [1.807, 2.05) is 43.5 Å². The van der Waals surface area contributed by atoms with Crippen molar-refractivity contribution < 1.29 is 5.11 Å². The number of dihydropyridines is 1. The fraction of sp³-hybridized carbons (Fsp3) is 0.176. The van der Waals surface area contributed by atoms with Gasteiger partial charge >= 0.3 is 0 Å². The van der Waals surface area contributed by atoms with Crippen LogP contribution in [-0.4, -0.2) is 22.8 Å². The quantitative estimate of drug-likeness (QED) is 0.900. The van der Waals surface area contributed by atoms with Crippen LogP contribution >= 0.6 is 0 Å². The first kappa shape index (κ1) is 12.6. The van der Waals surface area contributed by atoms with E-state index in [0.717, 1.165) is 29.8 Å².